The number of hydrogen-bond donors (Lipinski definition) is 0. The summed E-state index contributed by atoms with van der Waals surface area (Å²) in [5.41, 5.74) is 2.60. The maximum absolute atomic E-state index is 7.00. The molecule has 0 fully saturated rings. The van der Waals surface area contributed by atoms with Gasteiger partial charge in [-0.1, -0.05) is 48.0 Å². The van der Waals surface area contributed by atoms with E-state index in [1.807, 2.05) is 53.2 Å². The van der Waals surface area contributed by atoms with Crippen molar-refractivity contribution in [1.29, 1.82) is 0 Å². The zero-order chi connectivity index (χ0) is 17.2. The number of fused-ring (bicyclic) bond motifs is 1. The third-order valence-electron chi connectivity index (χ3n) is 3.98. The molecule has 4 nitrogen and oxygen atoms in total. The molecule has 0 N–H and O–H groups in total. The second kappa shape index (κ2) is 6.39. The van der Waals surface area contributed by atoms with E-state index in [-0.39, 0.29) is 6.54 Å². The fourth-order valence-electron chi connectivity index (χ4n) is 2.79. The number of rotatable bonds is 3. The molecule has 4 rings (SSSR count). The van der Waals surface area contributed by atoms with Crippen LogP contribution >= 0.6 is 11.6 Å². The Morgan fingerprint density at radius 3 is 2.68 bits per heavy atom. The number of hydrogen-bond acceptors (Lipinski definition) is 2. The minimum atomic E-state index is 0.266. The first kappa shape index (κ1) is 15.4. The van der Waals surface area contributed by atoms with Crippen molar-refractivity contribution in [3.8, 4) is 17.1 Å². The van der Waals surface area contributed by atoms with Crippen molar-refractivity contribution < 1.29 is 0 Å². The highest BCUT2D eigenvalue weighted by Crippen LogP contribution is 2.28. The molecule has 0 aliphatic heterocycles. The van der Waals surface area contributed by atoms with Gasteiger partial charge in [-0.2, -0.15) is 0 Å². The summed E-state index contributed by atoms with van der Waals surface area (Å²) in [5, 5.41) is 2.83. The van der Waals surface area contributed by atoms with Gasteiger partial charge in [-0.3, -0.25) is 4.57 Å². The molecule has 0 radical (unpaired) electrons. The molecule has 2 aromatic heterocycles. The van der Waals surface area contributed by atoms with Crippen molar-refractivity contribution in [2.75, 3.05) is 0 Å². The van der Waals surface area contributed by atoms with Gasteiger partial charge in [-0.25, -0.2) is 16.5 Å². The van der Waals surface area contributed by atoms with Crippen molar-refractivity contribution in [3.63, 3.8) is 0 Å². The fourth-order valence-corrected chi connectivity index (χ4v) is 2.91. The predicted octanol–water partition coefficient (Wildman–Crippen LogP) is 5.16. The number of imidazole rings is 1. The van der Waals surface area contributed by atoms with Crippen LogP contribution in [0.15, 0.2) is 67.1 Å². The van der Waals surface area contributed by atoms with E-state index in [1.165, 1.54) is 0 Å². The third kappa shape index (κ3) is 2.98. The lowest BCUT2D eigenvalue weighted by Crippen LogP contribution is -1.98. The van der Waals surface area contributed by atoms with E-state index in [4.69, 9.17) is 23.2 Å². The molecule has 0 unspecified atom stereocenters. The first-order valence-corrected chi connectivity index (χ1v) is 8.14. The first-order valence-electron chi connectivity index (χ1n) is 7.77. The third-order valence-corrected chi connectivity index (χ3v) is 4.23. The maximum atomic E-state index is 7.00. The van der Waals surface area contributed by atoms with Crippen molar-refractivity contribution in [1.82, 2.24) is 14.5 Å². The summed E-state index contributed by atoms with van der Waals surface area (Å²) >= 11 is 6.00. The Kier molecular flexibility index (Phi) is 3.93. The Bertz CT molecular complexity index is 1090. The minimum absolute atomic E-state index is 0.266. The second-order valence-corrected chi connectivity index (χ2v) is 6.08. The Hall–Kier alpha value is -3.16. The van der Waals surface area contributed by atoms with Crippen molar-refractivity contribution in [2.45, 2.75) is 6.54 Å². The van der Waals surface area contributed by atoms with Crippen LogP contribution < -0.4 is 0 Å². The first-order chi connectivity index (χ1) is 12.2. The number of pyridine rings is 1. The Morgan fingerprint density at radius 2 is 1.88 bits per heavy atom. The van der Waals surface area contributed by atoms with Gasteiger partial charge >= 0.3 is 0 Å². The van der Waals surface area contributed by atoms with E-state index in [0.717, 1.165) is 33.5 Å². The molecule has 25 heavy (non-hydrogen) atoms. The van der Waals surface area contributed by atoms with Gasteiger partial charge in [0.2, 0.25) is 0 Å². The molecule has 0 aliphatic rings. The molecular weight excluding hydrogens is 332 g/mol. The molecule has 120 valence electrons. The maximum Gasteiger partial charge on any atom is 0.257 e. The van der Waals surface area contributed by atoms with Gasteiger partial charge < -0.3 is 4.85 Å². The van der Waals surface area contributed by atoms with Crippen LogP contribution in [0.2, 0.25) is 5.02 Å². The number of nitrogens with zero attached hydrogens (tertiary/aromatic N) is 4. The van der Waals surface area contributed by atoms with Crippen LogP contribution in [0.5, 0.6) is 0 Å². The van der Waals surface area contributed by atoms with Gasteiger partial charge in [-0.15, -0.1) is 0 Å². The zero-order valence-electron chi connectivity index (χ0n) is 13.2. The lowest BCUT2D eigenvalue weighted by atomic mass is 10.1. The molecular formula is C20H13ClN4. The molecule has 2 aromatic carbocycles. The number of aromatic nitrogens is 3. The molecule has 0 bridgehead atoms. The SMILES string of the molecule is [C-]#[N+]Cc1cn(-c2nc(-c3ccc(Cl)cc3)cc3ccccc23)cn1. The molecule has 5 heteroatoms. The van der Waals surface area contributed by atoms with Gasteiger partial charge in [-0.05, 0) is 23.6 Å². The quantitative estimate of drug-likeness (QED) is 0.481. The van der Waals surface area contributed by atoms with Crippen LogP contribution in [0, 0.1) is 6.57 Å². The zero-order valence-corrected chi connectivity index (χ0v) is 14.0. The molecule has 0 amide bonds. The Balaban J connectivity index is 1.92. The van der Waals surface area contributed by atoms with Crippen molar-refractivity contribution in [3.05, 3.63) is 89.3 Å². The molecule has 0 saturated carbocycles. The number of benzene rings is 2. The largest absolute Gasteiger partial charge is 0.310 e. The van der Waals surface area contributed by atoms with Gasteiger partial charge in [0.15, 0.2) is 0 Å². The van der Waals surface area contributed by atoms with Crippen LogP contribution in [0.1, 0.15) is 5.69 Å². The fraction of sp³-hybridized carbons (Fsp3) is 0.0500. The van der Waals surface area contributed by atoms with E-state index in [0.29, 0.717) is 5.02 Å². The van der Waals surface area contributed by atoms with Crippen LogP contribution in [0.25, 0.3) is 32.7 Å². The molecule has 0 saturated heterocycles. The summed E-state index contributed by atoms with van der Waals surface area (Å²) in [5.74, 6) is 0.798. The average molecular weight is 345 g/mol. The lowest BCUT2D eigenvalue weighted by molar-refractivity contribution is 1.01. The van der Waals surface area contributed by atoms with E-state index < -0.39 is 0 Å². The normalized spacial score (nSPS) is 10.7. The van der Waals surface area contributed by atoms with Gasteiger partial charge in [0, 0.05) is 22.2 Å². The summed E-state index contributed by atoms with van der Waals surface area (Å²) in [6.45, 7) is 7.26. The Morgan fingerprint density at radius 1 is 1.08 bits per heavy atom. The van der Waals surface area contributed by atoms with E-state index in [9.17, 15) is 0 Å². The van der Waals surface area contributed by atoms with Crippen molar-refractivity contribution in [2.24, 2.45) is 0 Å². The van der Waals surface area contributed by atoms with E-state index in [1.54, 1.807) is 6.33 Å². The van der Waals surface area contributed by atoms with Gasteiger partial charge in [0.05, 0.1) is 5.69 Å². The molecule has 0 aliphatic carbocycles. The monoisotopic (exact) mass is 344 g/mol. The Labute approximate surface area is 150 Å². The van der Waals surface area contributed by atoms with Crippen LogP contribution in [-0.4, -0.2) is 14.5 Å². The van der Waals surface area contributed by atoms with Crippen LogP contribution in [0.4, 0.5) is 0 Å². The highest BCUT2D eigenvalue weighted by atomic mass is 35.5. The van der Waals surface area contributed by atoms with Gasteiger partial charge in [0.1, 0.15) is 17.8 Å². The van der Waals surface area contributed by atoms with E-state index >= 15 is 0 Å². The second-order valence-electron chi connectivity index (χ2n) is 5.65. The highest BCUT2D eigenvalue weighted by molar-refractivity contribution is 6.30. The topological polar surface area (TPSA) is 35.1 Å². The van der Waals surface area contributed by atoms with E-state index in [2.05, 4.69) is 22.0 Å². The van der Waals surface area contributed by atoms with Gasteiger partial charge in [0.25, 0.3) is 6.54 Å². The molecule has 0 spiro atoms. The summed E-state index contributed by atoms with van der Waals surface area (Å²) in [4.78, 5) is 12.5. The molecule has 0 atom stereocenters. The molecule has 4 aromatic rings. The predicted molar refractivity (Wildman–Crippen MR) is 99.6 cm³/mol. The number of halogens is 1. The minimum Gasteiger partial charge on any atom is -0.310 e. The average Bonchev–Trinajstić information content (AvgIpc) is 3.10. The van der Waals surface area contributed by atoms with Crippen LogP contribution in [0.3, 0.4) is 0 Å². The lowest BCUT2D eigenvalue weighted by Gasteiger charge is -2.10. The van der Waals surface area contributed by atoms with Crippen LogP contribution in [-0.2, 0) is 6.54 Å². The summed E-state index contributed by atoms with van der Waals surface area (Å²) in [6, 6.07) is 17.8. The van der Waals surface area contributed by atoms with Crippen molar-refractivity contribution >= 4 is 22.4 Å². The summed E-state index contributed by atoms with van der Waals surface area (Å²) in [6.07, 6.45) is 3.57. The highest BCUT2D eigenvalue weighted by Gasteiger charge is 2.11. The standard InChI is InChI=1S/C20H13ClN4/c1-22-11-17-12-25(13-23-17)20-18-5-3-2-4-15(18)10-19(24-20)14-6-8-16(21)9-7-14/h2-10,12-13H,11H2. The summed E-state index contributed by atoms with van der Waals surface area (Å²) < 4.78 is 1.88. The smallest absolute Gasteiger partial charge is 0.257 e. The molecule has 2 heterocycles. The summed E-state index contributed by atoms with van der Waals surface area (Å²) in [7, 11) is 0.